The van der Waals surface area contributed by atoms with Crippen LogP contribution >= 0.6 is 0 Å². The number of nitrogens with zero attached hydrogens (tertiary/aromatic N) is 4. The Labute approximate surface area is 253 Å². The van der Waals surface area contributed by atoms with Crippen molar-refractivity contribution in [3.8, 4) is 17.2 Å². The number of rotatable bonds is 10. The number of fused-ring (bicyclic) bond motifs is 1. The summed E-state index contributed by atoms with van der Waals surface area (Å²) >= 11 is 0. The fourth-order valence-electron chi connectivity index (χ4n) is 4.57. The van der Waals surface area contributed by atoms with Gasteiger partial charge in [0.25, 0.3) is 11.5 Å². The molecular formula is C30H28F3N7O5. The van der Waals surface area contributed by atoms with E-state index in [2.05, 4.69) is 25.8 Å². The fraction of sp³-hybridized carbons (Fsp3) is 0.233. The molecule has 0 aliphatic carbocycles. The number of carbonyl (C=O) groups excluding carboxylic acids is 1. The van der Waals surface area contributed by atoms with Gasteiger partial charge in [-0.05, 0) is 45.0 Å². The van der Waals surface area contributed by atoms with Gasteiger partial charge in [0.2, 0.25) is 0 Å². The third kappa shape index (κ3) is 6.28. The quantitative estimate of drug-likeness (QED) is 0.202. The highest BCUT2D eigenvalue weighted by Crippen LogP contribution is 2.34. The van der Waals surface area contributed by atoms with Gasteiger partial charge in [-0.1, -0.05) is 0 Å². The second kappa shape index (κ2) is 12.7. The third-order valence-corrected chi connectivity index (χ3v) is 6.71. The molecule has 1 amide bonds. The highest BCUT2D eigenvalue weighted by molar-refractivity contribution is 6.04. The molecule has 234 valence electrons. The second-order valence-corrected chi connectivity index (χ2v) is 10.4. The highest BCUT2D eigenvalue weighted by Gasteiger charge is 2.22. The molecule has 0 saturated carbocycles. The number of hydrogen-bond donors (Lipinski definition) is 3. The summed E-state index contributed by atoms with van der Waals surface area (Å²) in [6.45, 7) is 5.57. The number of amides is 1. The van der Waals surface area contributed by atoms with Crippen LogP contribution in [0.4, 0.5) is 24.7 Å². The van der Waals surface area contributed by atoms with E-state index >= 15 is 4.39 Å². The van der Waals surface area contributed by atoms with E-state index in [1.165, 1.54) is 18.3 Å². The number of benzene rings is 2. The van der Waals surface area contributed by atoms with Crippen molar-refractivity contribution in [2.24, 2.45) is 0 Å². The maximum absolute atomic E-state index is 15.3. The average molecular weight is 624 g/mol. The van der Waals surface area contributed by atoms with E-state index in [1.807, 2.05) is 6.92 Å². The molecule has 3 N–H and O–H groups in total. The lowest BCUT2D eigenvalue weighted by Gasteiger charge is -2.16. The van der Waals surface area contributed by atoms with Gasteiger partial charge in [-0.2, -0.15) is 5.10 Å². The standard InChI is InChI=1S/C30H28F3N7O5/c1-15(2)39-13-19(29(42)40(30(39)43)18-6-7-20(31)21(32)12-18)28(41)36-17-5-8-23(22(33)11-17)45-24-9-10-34-26-25(24)27(38-37-26)35-16(3)14-44-4/h5-13,15-16H,14H2,1-4H3,(H,36,41)(H2,34,35,37,38). The smallest absolute Gasteiger partial charge is 0.335 e. The first kappa shape index (κ1) is 31.0. The zero-order chi connectivity index (χ0) is 32.4. The number of H-pyrrole nitrogens is 1. The van der Waals surface area contributed by atoms with Crippen molar-refractivity contribution in [3.63, 3.8) is 0 Å². The van der Waals surface area contributed by atoms with E-state index in [1.54, 1.807) is 27.0 Å². The van der Waals surface area contributed by atoms with Crippen molar-refractivity contribution >= 4 is 28.4 Å². The van der Waals surface area contributed by atoms with Gasteiger partial charge in [0.05, 0.1) is 12.3 Å². The molecule has 45 heavy (non-hydrogen) atoms. The normalized spacial score (nSPS) is 12.0. The number of nitrogens with one attached hydrogen (secondary N) is 3. The Bertz CT molecular complexity index is 2020. The number of aromatic amines is 1. The van der Waals surface area contributed by atoms with Gasteiger partial charge >= 0.3 is 5.69 Å². The van der Waals surface area contributed by atoms with Gasteiger partial charge in [0.15, 0.2) is 34.7 Å². The lowest BCUT2D eigenvalue weighted by atomic mass is 10.2. The van der Waals surface area contributed by atoms with Crippen molar-refractivity contribution < 1.29 is 27.4 Å². The lowest BCUT2D eigenvalue weighted by molar-refractivity contribution is 0.102. The van der Waals surface area contributed by atoms with Gasteiger partial charge in [-0.3, -0.25) is 19.3 Å². The minimum Gasteiger partial charge on any atom is -0.453 e. The maximum atomic E-state index is 15.3. The number of hydrogen-bond acceptors (Lipinski definition) is 8. The van der Waals surface area contributed by atoms with Crippen molar-refractivity contribution in [1.29, 1.82) is 0 Å². The summed E-state index contributed by atoms with van der Waals surface area (Å²) in [5, 5.41) is 13.1. The summed E-state index contributed by atoms with van der Waals surface area (Å²) in [4.78, 5) is 43.8. The van der Waals surface area contributed by atoms with Crippen LogP contribution in [-0.4, -0.2) is 50.0 Å². The lowest BCUT2D eigenvalue weighted by Crippen LogP contribution is -2.42. The van der Waals surface area contributed by atoms with Gasteiger partial charge in [0.1, 0.15) is 16.7 Å². The number of anilines is 2. The molecule has 2 aromatic carbocycles. The first-order valence-electron chi connectivity index (χ1n) is 13.7. The molecule has 0 bridgehead atoms. The van der Waals surface area contributed by atoms with E-state index in [9.17, 15) is 23.2 Å². The summed E-state index contributed by atoms with van der Waals surface area (Å²) in [5.74, 6) is -3.75. The molecule has 0 fully saturated rings. The third-order valence-electron chi connectivity index (χ3n) is 6.71. The van der Waals surface area contributed by atoms with Gasteiger partial charge in [-0.15, -0.1) is 0 Å². The maximum Gasteiger partial charge on any atom is 0.335 e. The van der Waals surface area contributed by atoms with Crippen molar-refractivity contribution in [3.05, 3.63) is 98.7 Å². The molecule has 0 spiro atoms. The summed E-state index contributed by atoms with van der Waals surface area (Å²) in [5.41, 5.74) is -2.32. The van der Waals surface area contributed by atoms with Crippen molar-refractivity contribution in [2.45, 2.75) is 32.9 Å². The Hall–Kier alpha value is -5.44. The molecule has 3 heterocycles. The van der Waals surface area contributed by atoms with Crippen LogP contribution < -0.4 is 26.6 Å². The van der Waals surface area contributed by atoms with E-state index in [0.717, 1.165) is 29.0 Å². The number of methoxy groups -OCH3 is 1. The molecule has 1 unspecified atom stereocenters. The Kier molecular flexibility index (Phi) is 8.72. The topological polar surface area (TPSA) is 145 Å². The number of ether oxygens (including phenoxy) is 2. The summed E-state index contributed by atoms with van der Waals surface area (Å²) < 4.78 is 55.4. The van der Waals surface area contributed by atoms with Crippen LogP contribution in [0.3, 0.4) is 0 Å². The monoisotopic (exact) mass is 623 g/mol. The minimum absolute atomic E-state index is 0.0233. The van der Waals surface area contributed by atoms with Crippen LogP contribution in [-0.2, 0) is 4.74 Å². The van der Waals surface area contributed by atoms with Crippen LogP contribution in [0.1, 0.15) is 37.2 Å². The second-order valence-electron chi connectivity index (χ2n) is 10.4. The predicted octanol–water partition coefficient (Wildman–Crippen LogP) is 4.76. The molecule has 1 atom stereocenters. The summed E-state index contributed by atoms with van der Waals surface area (Å²) in [6.07, 6.45) is 2.53. The Morgan fingerprint density at radius 2 is 1.78 bits per heavy atom. The molecule has 12 nitrogen and oxygen atoms in total. The summed E-state index contributed by atoms with van der Waals surface area (Å²) in [7, 11) is 1.57. The number of aromatic nitrogens is 5. The number of carbonyl (C=O) groups is 1. The van der Waals surface area contributed by atoms with Crippen LogP contribution in [0.5, 0.6) is 11.5 Å². The number of halogens is 3. The molecular weight excluding hydrogens is 595 g/mol. The minimum atomic E-state index is -1.28. The van der Waals surface area contributed by atoms with Crippen molar-refractivity contribution in [2.75, 3.05) is 24.4 Å². The molecule has 0 aliphatic rings. The molecule has 0 radical (unpaired) electrons. The van der Waals surface area contributed by atoms with Crippen LogP contribution in [0.25, 0.3) is 16.7 Å². The fourth-order valence-corrected chi connectivity index (χ4v) is 4.57. The largest absolute Gasteiger partial charge is 0.453 e. The van der Waals surface area contributed by atoms with E-state index < -0.39 is 46.2 Å². The SMILES string of the molecule is COCC(C)Nc1n[nH]c2nccc(Oc3ccc(NC(=O)c4cn(C(C)C)c(=O)n(-c5ccc(F)c(F)c5)c4=O)cc3F)c12. The van der Waals surface area contributed by atoms with Gasteiger partial charge < -0.3 is 20.1 Å². The zero-order valence-corrected chi connectivity index (χ0v) is 24.5. The molecule has 5 aromatic rings. The molecule has 5 rings (SSSR count). The van der Waals surface area contributed by atoms with Crippen LogP contribution in [0.2, 0.25) is 0 Å². The summed E-state index contributed by atoms with van der Waals surface area (Å²) in [6, 6.07) is 7.05. The van der Waals surface area contributed by atoms with Gasteiger partial charge in [-0.25, -0.2) is 27.5 Å². The first-order chi connectivity index (χ1) is 21.5. The average Bonchev–Trinajstić information content (AvgIpc) is 3.39. The Morgan fingerprint density at radius 3 is 2.47 bits per heavy atom. The molecule has 3 aromatic heterocycles. The van der Waals surface area contributed by atoms with Crippen molar-refractivity contribution in [1.82, 2.24) is 24.3 Å². The number of pyridine rings is 1. The first-order valence-corrected chi connectivity index (χ1v) is 13.7. The zero-order valence-electron chi connectivity index (χ0n) is 24.5. The van der Waals surface area contributed by atoms with E-state index in [-0.39, 0.29) is 28.9 Å². The Morgan fingerprint density at radius 1 is 1.00 bits per heavy atom. The molecule has 15 heteroatoms. The molecule has 0 aliphatic heterocycles. The Balaban J connectivity index is 1.44. The van der Waals surface area contributed by atoms with Gasteiger partial charge in [0, 0.05) is 55.5 Å². The predicted molar refractivity (Wildman–Crippen MR) is 160 cm³/mol. The van der Waals surface area contributed by atoms with Crippen LogP contribution in [0, 0.1) is 17.5 Å². The van der Waals surface area contributed by atoms with Crippen LogP contribution in [0.15, 0.2) is 64.4 Å². The van der Waals surface area contributed by atoms with E-state index in [4.69, 9.17) is 9.47 Å². The highest BCUT2D eigenvalue weighted by atomic mass is 19.2. The molecule has 0 saturated heterocycles. The van der Waals surface area contributed by atoms with E-state index in [0.29, 0.717) is 34.1 Å².